The number of halogens is 3. The van der Waals surface area contributed by atoms with E-state index in [-0.39, 0.29) is 21.8 Å². The number of nitrogens with one attached hydrogen (secondary N) is 1. The Balaban J connectivity index is 2.07. The van der Waals surface area contributed by atoms with Crippen LogP contribution in [0.4, 0.5) is 14.5 Å². The Hall–Kier alpha value is -1.41. The fraction of sp³-hybridized carbons (Fsp3) is 0.412. The van der Waals surface area contributed by atoms with Gasteiger partial charge < -0.3 is 9.88 Å². The second-order valence-electron chi connectivity index (χ2n) is 6.15. The number of hydrogen-bond acceptors (Lipinski definition) is 3. The van der Waals surface area contributed by atoms with Gasteiger partial charge >= 0.3 is 0 Å². The SMILES string of the molecule is Cc1nc(SCC(=O)Nc2c(F)cc(F)cc2Br)n(CC(C)C)c1C. The number of benzene rings is 1. The average molecular weight is 432 g/mol. The van der Waals surface area contributed by atoms with Crippen molar-refractivity contribution in [3.05, 3.63) is 39.6 Å². The molecule has 2 rings (SSSR count). The highest BCUT2D eigenvalue weighted by atomic mass is 79.9. The predicted octanol–water partition coefficient (Wildman–Crippen LogP) is 4.93. The van der Waals surface area contributed by atoms with E-state index in [0.717, 1.165) is 35.2 Å². The number of amides is 1. The second-order valence-corrected chi connectivity index (χ2v) is 7.95. The number of carbonyl (C=O) groups excluding carboxylic acids is 1. The van der Waals surface area contributed by atoms with Crippen molar-refractivity contribution in [1.29, 1.82) is 0 Å². The van der Waals surface area contributed by atoms with Gasteiger partial charge in [0.25, 0.3) is 0 Å². The largest absolute Gasteiger partial charge is 0.323 e. The van der Waals surface area contributed by atoms with Crippen LogP contribution in [0.3, 0.4) is 0 Å². The average Bonchev–Trinajstić information content (AvgIpc) is 2.76. The molecule has 1 amide bonds. The number of nitrogens with zero attached hydrogens (tertiary/aromatic N) is 2. The molecule has 0 bridgehead atoms. The van der Waals surface area contributed by atoms with Crippen LogP contribution in [-0.4, -0.2) is 21.2 Å². The molecule has 0 saturated carbocycles. The molecule has 136 valence electrons. The molecular formula is C17H20BrF2N3OS. The number of imidazole rings is 1. The summed E-state index contributed by atoms with van der Waals surface area (Å²) in [6.45, 7) is 8.98. The lowest BCUT2D eigenvalue weighted by molar-refractivity contribution is -0.113. The summed E-state index contributed by atoms with van der Waals surface area (Å²) in [6.07, 6.45) is 0. The van der Waals surface area contributed by atoms with Crippen LogP contribution in [0.1, 0.15) is 25.2 Å². The first kappa shape index (κ1) is 19.9. The monoisotopic (exact) mass is 431 g/mol. The molecule has 0 aliphatic carbocycles. The molecule has 1 N–H and O–H groups in total. The zero-order chi connectivity index (χ0) is 18.7. The lowest BCUT2D eigenvalue weighted by atomic mass is 10.2. The molecule has 4 nitrogen and oxygen atoms in total. The third kappa shape index (κ3) is 5.04. The van der Waals surface area contributed by atoms with Crippen molar-refractivity contribution in [2.75, 3.05) is 11.1 Å². The van der Waals surface area contributed by atoms with E-state index in [9.17, 15) is 13.6 Å². The predicted molar refractivity (Wildman–Crippen MR) is 100.0 cm³/mol. The first-order valence-electron chi connectivity index (χ1n) is 7.80. The van der Waals surface area contributed by atoms with Gasteiger partial charge in [0.2, 0.25) is 5.91 Å². The van der Waals surface area contributed by atoms with E-state index < -0.39 is 11.6 Å². The lowest BCUT2D eigenvalue weighted by Crippen LogP contribution is -2.16. The Bertz CT molecular complexity index is 769. The molecule has 0 aliphatic heterocycles. The quantitative estimate of drug-likeness (QED) is 0.659. The van der Waals surface area contributed by atoms with E-state index >= 15 is 0 Å². The van der Waals surface area contributed by atoms with Crippen LogP contribution in [0.15, 0.2) is 21.8 Å². The van der Waals surface area contributed by atoms with Crippen molar-refractivity contribution < 1.29 is 13.6 Å². The van der Waals surface area contributed by atoms with Crippen molar-refractivity contribution in [1.82, 2.24) is 9.55 Å². The topological polar surface area (TPSA) is 46.9 Å². The van der Waals surface area contributed by atoms with E-state index in [1.807, 2.05) is 13.8 Å². The van der Waals surface area contributed by atoms with Crippen LogP contribution in [0, 0.1) is 31.4 Å². The molecule has 25 heavy (non-hydrogen) atoms. The summed E-state index contributed by atoms with van der Waals surface area (Å²) >= 11 is 4.35. The van der Waals surface area contributed by atoms with E-state index in [1.54, 1.807) is 0 Å². The van der Waals surface area contributed by atoms with Crippen molar-refractivity contribution in [2.24, 2.45) is 5.92 Å². The van der Waals surface area contributed by atoms with E-state index in [2.05, 4.69) is 44.6 Å². The van der Waals surface area contributed by atoms with E-state index in [1.165, 1.54) is 11.8 Å². The highest BCUT2D eigenvalue weighted by molar-refractivity contribution is 9.10. The highest BCUT2D eigenvalue weighted by Crippen LogP contribution is 2.28. The Morgan fingerprint density at radius 3 is 2.64 bits per heavy atom. The molecule has 1 aromatic carbocycles. The van der Waals surface area contributed by atoms with Gasteiger partial charge in [0.15, 0.2) is 11.0 Å². The van der Waals surface area contributed by atoms with Crippen LogP contribution in [-0.2, 0) is 11.3 Å². The summed E-state index contributed by atoms with van der Waals surface area (Å²) in [5.74, 6) is -1.39. The summed E-state index contributed by atoms with van der Waals surface area (Å²) in [7, 11) is 0. The Kier molecular flexibility index (Phi) is 6.62. The molecule has 1 heterocycles. The van der Waals surface area contributed by atoms with Gasteiger partial charge in [-0.25, -0.2) is 13.8 Å². The number of hydrogen-bond donors (Lipinski definition) is 1. The molecule has 0 fully saturated rings. The first-order chi connectivity index (χ1) is 11.7. The molecule has 0 unspecified atom stereocenters. The van der Waals surface area contributed by atoms with Gasteiger partial charge in [0, 0.05) is 22.8 Å². The van der Waals surface area contributed by atoms with Gasteiger partial charge in [-0.3, -0.25) is 4.79 Å². The molecule has 2 aromatic rings. The Morgan fingerprint density at radius 1 is 1.36 bits per heavy atom. The van der Waals surface area contributed by atoms with Gasteiger partial charge in [-0.05, 0) is 41.8 Å². The zero-order valence-electron chi connectivity index (χ0n) is 14.5. The Labute approximate surface area is 158 Å². The minimum absolute atomic E-state index is 0.0649. The van der Waals surface area contributed by atoms with Crippen LogP contribution in [0.25, 0.3) is 0 Å². The van der Waals surface area contributed by atoms with E-state index in [0.29, 0.717) is 5.92 Å². The molecule has 8 heteroatoms. The van der Waals surface area contributed by atoms with Gasteiger partial charge in [-0.15, -0.1) is 0 Å². The fourth-order valence-corrected chi connectivity index (χ4v) is 3.69. The summed E-state index contributed by atoms with van der Waals surface area (Å²) in [4.78, 5) is 16.7. The molecule has 0 aliphatic rings. The standard InChI is InChI=1S/C17H20BrF2N3OS/c1-9(2)7-23-11(4)10(3)21-17(23)25-8-15(24)22-16-13(18)5-12(19)6-14(16)20/h5-6,9H,7-8H2,1-4H3,(H,22,24). The maximum Gasteiger partial charge on any atom is 0.234 e. The zero-order valence-corrected chi connectivity index (χ0v) is 16.9. The van der Waals surface area contributed by atoms with Crippen LogP contribution in [0.2, 0.25) is 0 Å². The molecule has 1 aromatic heterocycles. The maximum absolute atomic E-state index is 13.8. The maximum atomic E-state index is 13.8. The van der Waals surface area contributed by atoms with Crippen LogP contribution in [0.5, 0.6) is 0 Å². The fourth-order valence-electron chi connectivity index (χ4n) is 2.28. The molecule has 0 spiro atoms. The minimum atomic E-state index is -0.821. The normalized spacial score (nSPS) is 11.2. The third-order valence-corrected chi connectivity index (χ3v) is 5.18. The van der Waals surface area contributed by atoms with Gasteiger partial charge in [0.05, 0.1) is 17.1 Å². The number of thioether (sulfide) groups is 1. The van der Waals surface area contributed by atoms with Crippen LogP contribution >= 0.6 is 27.7 Å². The van der Waals surface area contributed by atoms with Gasteiger partial charge in [-0.1, -0.05) is 25.6 Å². The highest BCUT2D eigenvalue weighted by Gasteiger charge is 2.16. The van der Waals surface area contributed by atoms with Gasteiger partial charge in [-0.2, -0.15) is 0 Å². The summed E-state index contributed by atoms with van der Waals surface area (Å²) in [5, 5.41) is 3.23. The molecule has 0 atom stereocenters. The second kappa shape index (κ2) is 8.31. The minimum Gasteiger partial charge on any atom is -0.323 e. The smallest absolute Gasteiger partial charge is 0.234 e. The molecule has 0 radical (unpaired) electrons. The number of aryl methyl sites for hydroxylation is 1. The van der Waals surface area contributed by atoms with Crippen molar-refractivity contribution in [3.8, 4) is 0 Å². The van der Waals surface area contributed by atoms with Crippen molar-refractivity contribution in [2.45, 2.75) is 39.4 Å². The van der Waals surface area contributed by atoms with Crippen molar-refractivity contribution in [3.63, 3.8) is 0 Å². The number of carbonyl (C=O) groups is 1. The summed E-state index contributed by atoms with van der Waals surface area (Å²) in [5.41, 5.74) is 1.93. The first-order valence-corrected chi connectivity index (χ1v) is 9.57. The number of rotatable bonds is 6. The van der Waals surface area contributed by atoms with E-state index in [4.69, 9.17) is 0 Å². The van der Waals surface area contributed by atoms with Crippen LogP contribution < -0.4 is 5.32 Å². The van der Waals surface area contributed by atoms with Crippen molar-refractivity contribution >= 4 is 39.3 Å². The molecule has 0 saturated heterocycles. The molecular weight excluding hydrogens is 412 g/mol. The Morgan fingerprint density at radius 2 is 2.04 bits per heavy atom. The number of aromatic nitrogens is 2. The van der Waals surface area contributed by atoms with Gasteiger partial charge in [0.1, 0.15) is 5.82 Å². The summed E-state index contributed by atoms with van der Waals surface area (Å²) in [6, 6.07) is 1.84. The summed E-state index contributed by atoms with van der Waals surface area (Å²) < 4.78 is 29.1. The number of anilines is 1. The lowest BCUT2D eigenvalue weighted by Gasteiger charge is -2.12. The third-order valence-electron chi connectivity index (χ3n) is 3.57.